The quantitative estimate of drug-likeness (QED) is 0.0392. The van der Waals surface area contributed by atoms with E-state index < -0.39 is 33.1 Å². The molecule has 4 aromatic carbocycles. The second-order valence-corrected chi connectivity index (χ2v) is 13.8. The van der Waals surface area contributed by atoms with Gasteiger partial charge in [0.1, 0.15) is 23.0 Å². The van der Waals surface area contributed by atoms with Crippen LogP contribution in [-0.4, -0.2) is 71.2 Å². The molecule has 15 nitrogen and oxygen atoms in total. The Bertz CT molecular complexity index is 2050. The highest BCUT2D eigenvalue weighted by molar-refractivity contribution is 7.91. The van der Waals surface area contributed by atoms with Crippen LogP contribution < -0.4 is 29.8 Å². The number of carbonyl (C=O) groups excluding carboxylic acids is 1. The largest absolute Gasteiger partial charge is 0.496 e. The number of hydrogen-bond donors (Lipinski definition) is 3. The van der Waals surface area contributed by atoms with Crippen molar-refractivity contribution in [1.82, 2.24) is 10.9 Å². The number of methoxy groups -OCH3 is 3. The number of carbonyl (C=O) groups is 1. The van der Waals surface area contributed by atoms with Crippen molar-refractivity contribution in [2.75, 3.05) is 40.3 Å². The van der Waals surface area contributed by atoms with Gasteiger partial charge >= 0.3 is 0 Å². The molecule has 0 bridgehead atoms. The van der Waals surface area contributed by atoms with E-state index in [0.717, 1.165) is 0 Å². The fourth-order valence-electron chi connectivity index (χ4n) is 5.80. The number of azide groups is 1. The molecule has 0 saturated heterocycles. The number of hydrazine groups is 1. The van der Waals surface area contributed by atoms with Crippen LogP contribution in [0.2, 0.25) is 0 Å². The van der Waals surface area contributed by atoms with E-state index in [1.807, 2.05) is 0 Å². The summed E-state index contributed by atoms with van der Waals surface area (Å²) in [4.78, 5) is 22.6. The van der Waals surface area contributed by atoms with Crippen molar-refractivity contribution in [3.8, 4) is 23.0 Å². The molecule has 0 spiro atoms. The maximum absolute atomic E-state index is 14.7. The predicted molar refractivity (Wildman–Crippen MR) is 196 cm³/mol. The molecule has 0 radical (unpaired) electrons. The zero-order chi connectivity index (χ0) is 37.8. The van der Waals surface area contributed by atoms with Crippen LogP contribution in [0.4, 0.5) is 5.69 Å². The molecule has 0 aromatic heterocycles. The third-order valence-electron chi connectivity index (χ3n) is 8.54. The molecule has 1 heterocycles. The van der Waals surface area contributed by atoms with Crippen LogP contribution in [0.15, 0.2) is 106 Å². The van der Waals surface area contributed by atoms with Crippen LogP contribution in [-0.2, 0) is 25.9 Å². The maximum atomic E-state index is 14.7. The zero-order valence-corrected chi connectivity index (χ0v) is 30.2. The van der Waals surface area contributed by atoms with E-state index in [1.54, 1.807) is 78.9 Å². The average molecular weight is 745 g/mol. The Kier molecular flexibility index (Phi) is 12.8. The lowest BCUT2D eigenvalue weighted by atomic mass is 9.84. The second-order valence-electron chi connectivity index (χ2n) is 11.7. The summed E-state index contributed by atoms with van der Waals surface area (Å²) in [5.74, 6) is 0.758. The first kappa shape index (κ1) is 38.4. The molecule has 4 aromatic rings. The number of nitrogens with zero attached hydrogens (tertiary/aromatic N) is 4. The first-order chi connectivity index (χ1) is 25.7. The lowest BCUT2D eigenvalue weighted by molar-refractivity contribution is -0.130. The molecular formula is C37H40N6O9S. The minimum absolute atomic E-state index is 0.0123. The van der Waals surface area contributed by atoms with Gasteiger partial charge in [0.05, 0.1) is 44.1 Å². The smallest absolute Gasteiger partial charge is 0.266 e. The molecule has 0 saturated carbocycles. The van der Waals surface area contributed by atoms with E-state index >= 15 is 0 Å². The summed E-state index contributed by atoms with van der Waals surface area (Å²) >= 11 is 0. The second kappa shape index (κ2) is 17.6. The van der Waals surface area contributed by atoms with Crippen molar-refractivity contribution in [2.24, 2.45) is 10.1 Å². The van der Waals surface area contributed by atoms with Crippen molar-refractivity contribution in [3.63, 3.8) is 0 Å². The number of benzene rings is 4. The molecule has 278 valence electrons. The normalized spacial score (nSPS) is 16.5. The van der Waals surface area contributed by atoms with Crippen molar-refractivity contribution >= 4 is 27.3 Å². The number of ether oxygens (including phenoxy) is 5. The number of sulfone groups is 1. The highest BCUT2D eigenvalue weighted by atomic mass is 32.2. The molecule has 5 rings (SSSR count). The Morgan fingerprint density at radius 2 is 1.64 bits per heavy atom. The Morgan fingerprint density at radius 3 is 2.28 bits per heavy atom. The fraction of sp³-hybridized carbons (Fsp3) is 0.297. The molecule has 0 unspecified atom stereocenters. The number of aliphatic hydroxyl groups is 1. The topological polar surface area (TPSA) is 203 Å². The molecular weight excluding hydrogens is 705 g/mol. The molecule has 53 heavy (non-hydrogen) atoms. The number of aliphatic hydroxyl groups excluding tert-OH is 1. The first-order valence-electron chi connectivity index (χ1n) is 16.5. The number of nitrogens with one attached hydrogen (secondary N) is 2. The minimum Gasteiger partial charge on any atom is -0.496 e. The maximum Gasteiger partial charge on any atom is 0.266 e. The van der Waals surface area contributed by atoms with E-state index in [-0.39, 0.29) is 36.1 Å². The predicted octanol–water partition coefficient (Wildman–Crippen LogP) is 5.36. The Morgan fingerprint density at radius 1 is 0.962 bits per heavy atom. The van der Waals surface area contributed by atoms with Crippen LogP contribution in [0.1, 0.15) is 35.6 Å². The van der Waals surface area contributed by atoms with Gasteiger partial charge in [-0.15, -0.1) is 0 Å². The van der Waals surface area contributed by atoms with Crippen LogP contribution >= 0.6 is 0 Å². The summed E-state index contributed by atoms with van der Waals surface area (Å²) in [7, 11) is 0.576. The molecule has 16 heteroatoms. The van der Waals surface area contributed by atoms with Gasteiger partial charge in [-0.05, 0) is 41.9 Å². The van der Waals surface area contributed by atoms with E-state index in [9.17, 15) is 18.7 Å². The molecule has 1 aliphatic heterocycles. The molecule has 0 fully saturated rings. The van der Waals surface area contributed by atoms with E-state index in [4.69, 9.17) is 33.8 Å². The monoisotopic (exact) mass is 744 g/mol. The Labute approximate surface area is 307 Å². The molecule has 2 atom stereocenters. The van der Waals surface area contributed by atoms with Gasteiger partial charge in [0.15, 0.2) is 21.5 Å². The summed E-state index contributed by atoms with van der Waals surface area (Å²) in [6.07, 6.45) is -1.11. The van der Waals surface area contributed by atoms with Gasteiger partial charge in [0.2, 0.25) is 5.90 Å². The summed E-state index contributed by atoms with van der Waals surface area (Å²) < 4.78 is 56.0. The van der Waals surface area contributed by atoms with Gasteiger partial charge in [-0.1, -0.05) is 47.6 Å². The third-order valence-corrected chi connectivity index (χ3v) is 10.3. The number of amides is 1. The highest BCUT2D eigenvalue weighted by Gasteiger charge is 2.54. The first-order valence-corrected chi connectivity index (χ1v) is 18.2. The van der Waals surface area contributed by atoms with Gasteiger partial charge < -0.3 is 28.8 Å². The molecule has 1 aliphatic rings. The van der Waals surface area contributed by atoms with Crippen LogP contribution in [0.3, 0.4) is 0 Å². The lowest BCUT2D eigenvalue weighted by Gasteiger charge is -2.31. The highest BCUT2D eigenvalue weighted by Crippen LogP contribution is 2.46. The van der Waals surface area contributed by atoms with Crippen molar-refractivity contribution < 1.29 is 42.0 Å². The summed E-state index contributed by atoms with van der Waals surface area (Å²) in [5.41, 5.74) is 14.7. The van der Waals surface area contributed by atoms with Crippen LogP contribution in [0.25, 0.3) is 10.4 Å². The Balaban J connectivity index is 1.57. The van der Waals surface area contributed by atoms with Gasteiger partial charge in [-0.3, -0.25) is 10.2 Å². The molecule has 0 aliphatic carbocycles. The SMILES string of the molecule is COc1cc(OC)c(CNNC(=O)[C@@]2(CCS(=O)(=O)c3ccccc3)N=C(c3ccc(OCCCO)cc3)O[C@H]2c2ccccc2N=[N+]=[N-])c(OC)c1. The zero-order valence-electron chi connectivity index (χ0n) is 29.4. The lowest BCUT2D eigenvalue weighted by Crippen LogP contribution is -2.53. The summed E-state index contributed by atoms with van der Waals surface area (Å²) in [5, 5.41) is 12.9. The van der Waals surface area contributed by atoms with Gasteiger partial charge in [0, 0.05) is 59.9 Å². The van der Waals surface area contributed by atoms with E-state index in [1.165, 1.54) is 33.5 Å². The number of hydrogen-bond acceptors (Lipinski definition) is 12. The summed E-state index contributed by atoms with van der Waals surface area (Å²) in [6.45, 7) is 0.323. The van der Waals surface area contributed by atoms with Crippen LogP contribution in [0, 0.1) is 0 Å². The number of rotatable bonds is 18. The van der Waals surface area contributed by atoms with E-state index in [2.05, 4.69) is 20.9 Å². The molecule has 3 N–H and O–H groups in total. The van der Waals surface area contributed by atoms with Crippen molar-refractivity contribution in [2.45, 2.75) is 35.9 Å². The molecule has 1 amide bonds. The third kappa shape index (κ3) is 8.81. The fourth-order valence-corrected chi connectivity index (χ4v) is 7.19. The minimum atomic E-state index is -3.92. The van der Waals surface area contributed by atoms with E-state index in [0.29, 0.717) is 52.7 Å². The van der Waals surface area contributed by atoms with Crippen molar-refractivity contribution in [3.05, 3.63) is 118 Å². The van der Waals surface area contributed by atoms with Gasteiger partial charge in [0.25, 0.3) is 5.91 Å². The standard InChI is InChI=1S/C37H40N6O9S/c1-48-27-22-32(49-2)30(33(23-27)50-3)24-39-42-36(45)37(18-21-53(46,47)28-10-5-4-6-11-28)34(29-12-7-8-13-31(29)41-43-38)52-35(40-37)25-14-16-26(17-15-25)51-20-9-19-44/h4-8,10-17,22-23,34,39,44H,9,18-21,24H2,1-3H3,(H,42,45)/t34-,37-/m0/s1. The van der Waals surface area contributed by atoms with Crippen molar-refractivity contribution in [1.29, 1.82) is 0 Å². The Hall–Kier alpha value is -5.80. The average Bonchev–Trinajstić information content (AvgIpc) is 3.58. The number of aliphatic imine (C=N–C) groups is 1. The van der Waals surface area contributed by atoms with Gasteiger partial charge in [-0.25, -0.2) is 18.8 Å². The summed E-state index contributed by atoms with van der Waals surface area (Å²) in [6, 6.07) is 24.6. The van der Waals surface area contributed by atoms with Gasteiger partial charge in [-0.2, -0.15) is 0 Å². The van der Waals surface area contributed by atoms with Crippen LogP contribution in [0.5, 0.6) is 23.0 Å².